The van der Waals surface area contributed by atoms with Gasteiger partial charge in [0.05, 0.1) is 12.7 Å². The Bertz CT molecular complexity index is 1280. The van der Waals surface area contributed by atoms with Crippen LogP contribution in [0.15, 0.2) is 65.7 Å². The molecule has 0 saturated carbocycles. The number of carbonyl (C=O) groups excluding carboxylic acids is 1. The summed E-state index contributed by atoms with van der Waals surface area (Å²) in [7, 11) is 1.66. The molecule has 3 aromatic carbocycles. The van der Waals surface area contributed by atoms with E-state index in [0.717, 1.165) is 45.5 Å². The molecule has 180 valence electrons. The molecule has 1 N–H and O–H groups in total. The van der Waals surface area contributed by atoms with Crippen LogP contribution in [0.25, 0.3) is 0 Å². The molecule has 2 amide bonds. The van der Waals surface area contributed by atoms with Crippen molar-refractivity contribution in [2.24, 2.45) is 4.99 Å². The van der Waals surface area contributed by atoms with Crippen LogP contribution in [0.3, 0.4) is 0 Å². The number of hydrogen-bond donors (Lipinski definition) is 1. The van der Waals surface area contributed by atoms with E-state index in [0.29, 0.717) is 32.7 Å². The van der Waals surface area contributed by atoms with Crippen LogP contribution in [-0.2, 0) is 6.54 Å². The van der Waals surface area contributed by atoms with Crippen LogP contribution < -0.4 is 14.8 Å². The van der Waals surface area contributed by atoms with Crippen LogP contribution >= 0.6 is 0 Å². The van der Waals surface area contributed by atoms with Crippen molar-refractivity contribution in [1.82, 2.24) is 15.1 Å². The highest BCUT2D eigenvalue weighted by molar-refractivity contribution is 6.04. The molecule has 2 heterocycles. The van der Waals surface area contributed by atoms with E-state index in [1.54, 1.807) is 7.11 Å². The number of hydrogen-bond acceptors (Lipinski definition) is 5. The third-order valence-corrected chi connectivity index (χ3v) is 6.38. The van der Waals surface area contributed by atoms with E-state index in [2.05, 4.69) is 29.3 Å². The maximum Gasteiger partial charge on any atom is 0.317 e. The lowest BCUT2D eigenvalue weighted by atomic mass is 10.1. The highest BCUT2D eigenvalue weighted by atomic mass is 16.5. The zero-order valence-corrected chi connectivity index (χ0v) is 20.4. The van der Waals surface area contributed by atoms with Crippen molar-refractivity contribution in [1.29, 1.82) is 0 Å². The molecule has 0 spiro atoms. The number of benzene rings is 3. The Balaban J connectivity index is 1.33. The molecule has 0 atom stereocenters. The fourth-order valence-corrected chi connectivity index (χ4v) is 4.46. The number of piperazine rings is 1. The van der Waals surface area contributed by atoms with Crippen molar-refractivity contribution in [2.45, 2.75) is 20.4 Å². The summed E-state index contributed by atoms with van der Waals surface area (Å²) in [6.45, 7) is 7.19. The largest absolute Gasteiger partial charge is 0.497 e. The maximum atomic E-state index is 12.8. The summed E-state index contributed by atoms with van der Waals surface area (Å²) in [5, 5.41) is 3.05. The number of methoxy groups -OCH3 is 1. The first-order valence-corrected chi connectivity index (χ1v) is 11.9. The monoisotopic (exact) mass is 470 g/mol. The summed E-state index contributed by atoms with van der Waals surface area (Å²) < 4.78 is 11.8. The van der Waals surface area contributed by atoms with E-state index in [4.69, 9.17) is 14.5 Å². The van der Waals surface area contributed by atoms with Crippen molar-refractivity contribution in [2.75, 3.05) is 33.3 Å². The summed E-state index contributed by atoms with van der Waals surface area (Å²) in [5.41, 5.74) is 5.08. The molecule has 5 rings (SSSR count). The molecule has 0 bridgehead atoms. The van der Waals surface area contributed by atoms with E-state index in [1.165, 1.54) is 5.56 Å². The number of aryl methyl sites for hydroxylation is 2. The third-order valence-electron chi connectivity index (χ3n) is 6.38. The molecule has 2 aliphatic rings. The molecule has 0 radical (unpaired) electrons. The van der Waals surface area contributed by atoms with Gasteiger partial charge < -0.3 is 24.6 Å². The topological polar surface area (TPSA) is 66.4 Å². The first-order valence-electron chi connectivity index (χ1n) is 11.9. The van der Waals surface area contributed by atoms with Crippen molar-refractivity contribution in [3.8, 4) is 17.2 Å². The van der Waals surface area contributed by atoms with Gasteiger partial charge in [0.2, 0.25) is 0 Å². The highest BCUT2D eigenvalue weighted by Crippen LogP contribution is 2.40. The molecule has 0 aliphatic carbocycles. The van der Waals surface area contributed by atoms with Gasteiger partial charge in [-0.25, -0.2) is 9.79 Å². The molecule has 3 aromatic rings. The second kappa shape index (κ2) is 9.70. The van der Waals surface area contributed by atoms with Gasteiger partial charge in [0, 0.05) is 32.7 Å². The highest BCUT2D eigenvalue weighted by Gasteiger charge is 2.28. The van der Waals surface area contributed by atoms with Crippen LogP contribution in [0.1, 0.15) is 22.3 Å². The predicted octanol–water partition coefficient (Wildman–Crippen LogP) is 5.02. The molecule has 1 fully saturated rings. The van der Waals surface area contributed by atoms with E-state index in [1.807, 2.05) is 60.4 Å². The average Bonchev–Trinajstić information content (AvgIpc) is 3.03. The first kappa shape index (κ1) is 22.8. The Morgan fingerprint density at radius 2 is 1.77 bits per heavy atom. The Morgan fingerprint density at radius 1 is 0.971 bits per heavy atom. The van der Waals surface area contributed by atoms with Crippen LogP contribution in [0.5, 0.6) is 17.2 Å². The van der Waals surface area contributed by atoms with E-state index >= 15 is 0 Å². The molecule has 35 heavy (non-hydrogen) atoms. The zero-order chi connectivity index (χ0) is 24.4. The number of fused-ring (bicyclic) bond motifs is 2. The number of urea groups is 1. The van der Waals surface area contributed by atoms with Crippen molar-refractivity contribution in [3.63, 3.8) is 0 Å². The minimum Gasteiger partial charge on any atom is -0.497 e. The minimum atomic E-state index is -0.0415. The third kappa shape index (κ3) is 4.94. The molecular weight excluding hydrogens is 440 g/mol. The SMILES string of the molecule is COc1ccc2c(c1)C(N1CCN(C(=O)NCc3cccc(C)c3)CC1)=Nc1ccc(C)cc1O2. The first-order chi connectivity index (χ1) is 17.0. The quantitative estimate of drug-likeness (QED) is 0.584. The van der Waals surface area contributed by atoms with Gasteiger partial charge in [-0.2, -0.15) is 0 Å². The van der Waals surface area contributed by atoms with Crippen LogP contribution in [-0.4, -0.2) is 55.0 Å². The lowest BCUT2D eigenvalue weighted by Gasteiger charge is -2.36. The zero-order valence-electron chi connectivity index (χ0n) is 20.4. The van der Waals surface area contributed by atoms with Gasteiger partial charge >= 0.3 is 6.03 Å². The standard InChI is InChI=1S/C28H30N4O3/c1-19-5-4-6-21(15-19)18-29-28(33)32-13-11-31(12-14-32)27-23-17-22(34-3)8-10-25(23)35-26-16-20(2)7-9-24(26)30-27/h4-10,15-17H,11-14,18H2,1-3H3,(H,29,33). The summed E-state index contributed by atoms with van der Waals surface area (Å²) in [4.78, 5) is 21.9. The Labute approximate surface area is 206 Å². The van der Waals surface area contributed by atoms with E-state index in [-0.39, 0.29) is 6.03 Å². The normalized spacial score (nSPS) is 14.8. The Hall–Kier alpha value is -4.00. The summed E-state index contributed by atoms with van der Waals surface area (Å²) in [6, 6.07) is 20.0. The van der Waals surface area contributed by atoms with Crippen LogP contribution in [0.2, 0.25) is 0 Å². The number of nitrogens with one attached hydrogen (secondary N) is 1. The van der Waals surface area contributed by atoms with Crippen molar-refractivity contribution < 1.29 is 14.3 Å². The summed E-state index contributed by atoms with van der Waals surface area (Å²) >= 11 is 0. The molecular formula is C28H30N4O3. The number of carbonyl (C=O) groups is 1. The molecule has 7 nitrogen and oxygen atoms in total. The van der Waals surface area contributed by atoms with Crippen molar-refractivity contribution >= 4 is 17.6 Å². The molecule has 0 aromatic heterocycles. The van der Waals surface area contributed by atoms with Gasteiger partial charge in [0.15, 0.2) is 5.75 Å². The number of aliphatic imine (C=N–C) groups is 1. The second-order valence-corrected chi connectivity index (χ2v) is 8.99. The fourth-order valence-electron chi connectivity index (χ4n) is 4.46. The summed E-state index contributed by atoms with van der Waals surface area (Å²) in [6.07, 6.45) is 0. The van der Waals surface area contributed by atoms with Crippen molar-refractivity contribution in [3.05, 3.63) is 82.9 Å². The van der Waals surface area contributed by atoms with E-state index in [9.17, 15) is 4.79 Å². The number of nitrogens with zero attached hydrogens (tertiary/aromatic N) is 3. The number of ether oxygens (including phenoxy) is 2. The number of rotatable bonds is 3. The van der Waals surface area contributed by atoms with Gasteiger partial charge in [-0.3, -0.25) is 0 Å². The van der Waals surface area contributed by atoms with E-state index < -0.39 is 0 Å². The van der Waals surface area contributed by atoms with Gasteiger partial charge in [-0.15, -0.1) is 0 Å². The number of amides is 2. The van der Waals surface area contributed by atoms with Gasteiger partial charge in [0.1, 0.15) is 23.0 Å². The Kier molecular flexibility index (Phi) is 6.31. The predicted molar refractivity (Wildman–Crippen MR) is 137 cm³/mol. The molecule has 1 saturated heterocycles. The lowest BCUT2D eigenvalue weighted by Crippen LogP contribution is -2.53. The van der Waals surface area contributed by atoms with Gasteiger partial charge in [0.25, 0.3) is 0 Å². The molecule has 0 unspecified atom stereocenters. The number of amidine groups is 1. The Morgan fingerprint density at radius 3 is 2.54 bits per heavy atom. The molecule has 2 aliphatic heterocycles. The fraction of sp³-hybridized carbons (Fsp3) is 0.286. The lowest BCUT2D eigenvalue weighted by molar-refractivity contribution is 0.169. The smallest absolute Gasteiger partial charge is 0.317 e. The minimum absolute atomic E-state index is 0.0415. The molecule has 7 heteroatoms. The van der Waals surface area contributed by atoms with Crippen LogP contribution in [0, 0.1) is 13.8 Å². The van der Waals surface area contributed by atoms with Gasteiger partial charge in [-0.05, 0) is 55.3 Å². The second-order valence-electron chi connectivity index (χ2n) is 8.99. The summed E-state index contributed by atoms with van der Waals surface area (Å²) in [5.74, 6) is 3.06. The van der Waals surface area contributed by atoms with Gasteiger partial charge in [-0.1, -0.05) is 35.9 Å². The maximum absolute atomic E-state index is 12.8. The van der Waals surface area contributed by atoms with Crippen LogP contribution in [0.4, 0.5) is 10.5 Å². The average molecular weight is 471 g/mol.